The van der Waals surface area contributed by atoms with E-state index in [1.807, 2.05) is 30.3 Å². The monoisotopic (exact) mass is 379 g/mol. The lowest BCUT2D eigenvalue weighted by Crippen LogP contribution is -2.43. The molecular weight excluding hydrogens is 354 g/mol. The second-order valence-electron chi connectivity index (χ2n) is 7.04. The van der Waals surface area contributed by atoms with Crippen molar-refractivity contribution in [3.8, 4) is 0 Å². The molecule has 0 radical (unpaired) electrons. The molecule has 8 heteroatoms. The molecule has 1 aliphatic heterocycles. The number of rotatable bonds is 6. The molecule has 1 aromatic rings. The van der Waals surface area contributed by atoms with Crippen LogP contribution in [0, 0.1) is 0 Å². The summed E-state index contributed by atoms with van der Waals surface area (Å²) in [6, 6.07) is 9.08. The van der Waals surface area contributed by atoms with Crippen LogP contribution in [0.1, 0.15) is 25.8 Å². The summed E-state index contributed by atoms with van der Waals surface area (Å²) in [6.07, 6.45) is -1.25. The van der Waals surface area contributed by atoms with Crippen LogP contribution in [0.5, 0.6) is 0 Å². The zero-order chi connectivity index (χ0) is 19.4. The van der Waals surface area contributed by atoms with Gasteiger partial charge in [-0.05, 0) is 25.8 Å². The molecule has 0 unspecified atom stereocenters. The highest BCUT2D eigenvalue weighted by molar-refractivity contribution is 5.70. The van der Waals surface area contributed by atoms with Crippen LogP contribution in [-0.2, 0) is 35.1 Å². The van der Waals surface area contributed by atoms with Crippen molar-refractivity contribution < 1.29 is 33.3 Å². The van der Waals surface area contributed by atoms with Crippen molar-refractivity contribution in [2.24, 2.45) is 0 Å². The Morgan fingerprint density at radius 1 is 1.19 bits per heavy atom. The van der Waals surface area contributed by atoms with Crippen molar-refractivity contribution in [1.82, 2.24) is 5.32 Å². The minimum atomic E-state index is -0.795. The van der Waals surface area contributed by atoms with Crippen LogP contribution in [0.4, 0.5) is 4.79 Å². The van der Waals surface area contributed by atoms with Crippen molar-refractivity contribution in [2.45, 2.75) is 57.0 Å². The Morgan fingerprint density at radius 2 is 1.89 bits per heavy atom. The predicted molar refractivity (Wildman–Crippen MR) is 93.7 cm³/mol. The highest BCUT2D eigenvalue weighted by atomic mass is 16.8. The number of nitrogens with one attached hydrogen (secondary N) is 1. The third-order valence-corrected chi connectivity index (χ3v) is 4.57. The van der Waals surface area contributed by atoms with Gasteiger partial charge in [-0.15, -0.1) is 0 Å². The lowest BCUT2D eigenvalue weighted by Gasteiger charge is -2.23. The fourth-order valence-corrected chi connectivity index (χ4v) is 3.39. The number of benzene rings is 1. The summed E-state index contributed by atoms with van der Waals surface area (Å²) in [4.78, 5) is 23.6. The number of methoxy groups -OCH3 is 1. The Labute approximate surface area is 158 Å². The van der Waals surface area contributed by atoms with Gasteiger partial charge >= 0.3 is 12.1 Å². The number of carbonyl (C=O) groups excluding carboxylic acids is 2. The number of amides is 1. The summed E-state index contributed by atoms with van der Waals surface area (Å²) in [5.41, 5.74) is 0.901. The molecule has 8 nitrogen and oxygen atoms in total. The number of ether oxygens (including phenoxy) is 5. The third kappa shape index (κ3) is 4.97. The first-order valence-corrected chi connectivity index (χ1v) is 8.89. The molecule has 148 valence electrons. The van der Waals surface area contributed by atoms with E-state index in [1.54, 1.807) is 13.8 Å². The fourth-order valence-electron chi connectivity index (χ4n) is 3.39. The van der Waals surface area contributed by atoms with Crippen LogP contribution in [0.2, 0.25) is 0 Å². The van der Waals surface area contributed by atoms with Gasteiger partial charge in [0.25, 0.3) is 0 Å². The van der Waals surface area contributed by atoms with Crippen LogP contribution >= 0.6 is 0 Å². The van der Waals surface area contributed by atoms with Crippen LogP contribution in [-0.4, -0.2) is 55.9 Å². The summed E-state index contributed by atoms with van der Waals surface area (Å²) < 4.78 is 27.3. The Hall–Kier alpha value is -2.16. The number of alkyl carbamates (subject to hydrolysis) is 1. The zero-order valence-corrected chi connectivity index (χ0v) is 15.7. The van der Waals surface area contributed by atoms with E-state index in [4.69, 9.17) is 18.9 Å². The van der Waals surface area contributed by atoms with Crippen molar-refractivity contribution in [2.75, 3.05) is 13.7 Å². The van der Waals surface area contributed by atoms with E-state index in [0.29, 0.717) is 6.42 Å². The molecule has 2 aliphatic rings. The van der Waals surface area contributed by atoms with Crippen molar-refractivity contribution >= 4 is 12.1 Å². The topological polar surface area (TPSA) is 92.3 Å². The average molecular weight is 379 g/mol. The number of esters is 1. The van der Waals surface area contributed by atoms with Gasteiger partial charge in [-0.25, -0.2) is 9.59 Å². The maximum Gasteiger partial charge on any atom is 0.407 e. The van der Waals surface area contributed by atoms with E-state index < -0.39 is 24.0 Å². The Kier molecular flexibility index (Phi) is 5.98. The minimum absolute atomic E-state index is 0.179. The summed E-state index contributed by atoms with van der Waals surface area (Å²) >= 11 is 0. The SMILES string of the molecule is COC(=O)CO[C@H]1C[C@@H](NC(=O)OCc2ccccc2)[C@@H]2OC(C)(C)O[C@@H]21. The molecule has 4 atom stereocenters. The second kappa shape index (κ2) is 8.24. The van der Waals surface area contributed by atoms with Gasteiger partial charge < -0.3 is 29.0 Å². The molecule has 1 heterocycles. The minimum Gasteiger partial charge on any atom is -0.467 e. The Morgan fingerprint density at radius 3 is 2.59 bits per heavy atom. The van der Waals surface area contributed by atoms with Gasteiger partial charge in [0.15, 0.2) is 5.79 Å². The van der Waals surface area contributed by atoms with Gasteiger partial charge in [0, 0.05) is 0 Å². The molecule has 1 amide bonds. The first kappa shape index (κ1) is 19.6. The summed E-state index contributed by atoms with van der Waals surface area (Å²) in [5, 5.41) is 2.83. The Balaban J connectivity index is 1.57. The summed E-state index contributed by atoms with van der Waals surface area (Å²) in [7, 11) is 1.30. The van der Waals surface area contributed by atoms with Crippen LogP contribution < -0.4 is 5.32 Å². The molecule has 3 rings (SSSR count). The van der Waals surface area contributed by atoms with E-state index >= 15 is 0 Å². The van der Waals surface area contributed by atoms with Gasteiger partial charge in [0.1, 0.15) is 25.4 Å². The third-order valence-electron chi connectivity index (χ3n) is 4.57. The van der Waals surface area contributed by atoms with E-state index in [-0.39, 0.29) is 31.5 Å². The maximum atomic E-state index is 12.2. The Bertz CT molecular complexity index is 663. The van der Waals surface area contributed by atoms with E-state index in [1.165, 1.54) is 7.11 Å². The van der Waals surface area contributed by atoms with E-state index in [2.05, 4.69) is 10.1 Å². The molecule has 1 aliphatic carbocycles. The quantitative estimate of drug-likeness (QED) is 0.753. The first-order valence-electron chi connectivity index (χ1n) is 8.89. The molecule has 0 spiro atoms. The van der Waals surface area contributed by atoms with Gasteiger partial charge in [-0.3, -0.25) is 0 Å². The second-order valence-corrected chi connectivity index (χ2v) is 7.04. The molecule has 1 saturated heterocycles. The number of carbonyl (C=O) groups is 2. The van der Waals surface area contributed by atoms with Crippen LogP contribution in [0.3, 0.4) is 0 Å². The van der Waals surface area contributed by atoms with Crippen molar-refractivity contribution in [3.63, 3.8) is 0 Å². The van der Waals surface area contributed by atoms with E-state index in [9.17, 15) is 9.59 Å². The molecule has 1 N–H and O–H groups in total. The number of hydrogen-bond donors (Lipinski definition) is 1. The largest absolute Gasteiger partial charge is 0.467 e. The smallest absolute Gasteiger partial charge is 0.407 e. The van der Waals surface area contributed by atoms with Crippen LogP contribution in [0.25, 0.3) is 0 Å². The van der Waals surface area contributed by atoms with Gasteiger partial charge in [-0.2, -0.15) is 0 Å². The average Bonchev–Trinajstić information content (AvgIpc) is 3.12. The predicted octanol–water partition coefficient (Wildman–Crippen LogP) is 1.76. The van der Waals surface area contributed by atoms with Gasteiger partial charge in [-0.1, -0.05) is 30.3 Å². The highest BCUT2D eigenvalue weighted by Gasteiger charge is 2.55. The lowest BCUT2D eigenvalue weighted by molar-refractivity contribution is -0.172. The van der Waals surface area contributed by atoms with E-state index in [0.717, 1.165) is 5.56 Å². The highest BCUT2D eigenvalue weighted by Crippen LogP contribution is 2.39. The fraction of sp³-hybridized carbons (Fsp3) is 0.579. The lowest BCUT2D eigenvalue weighted by atomic mass is 10.2. The number of fused-ring (bicyclic) bond motifs is 1. The van der Waals surface area contributed by atoms with Crippen LogP contribution in [0.15, 0.2) is 30.3 Å². The van der Waals surface area contributed by atoms with Gasteiger partial charge in [0.2, 0.25) is 0 Å². The molecular formula is C19H25NO7. The zero-order valence-electron chi connectivity index (χ0n) is 15.7. The standard InChI is InChI=1S/C19H25NO7/c1-19(2)26-16-13(9-14(17(16)27-19)24-11-15(21)23-3)20-18(22)25-10-12-7-5-4-6-8-12/h4-8,13-14,16-17H,9-11H2,1-3H3,(H,20,22)/t13-,14+,16+,17-/m1/s1. The molecule has 27 heavy (non-hydrogen) atoms. The summed E-state index contributed by atoms with van der Waals surface area (Å²) in [5.74, 6) is -1.26. The molecule has 0 aromatic heterocycles. The molecule has 0 bridgehead atoms. The summed E-state index contributed by atoms with van der Waals surface area (Å²) in [6.45, 7) is 3.60. The van der Waals surface area contributed by atoms with Crippen molar-refractivity contribution in [1.29, 1.82) is 0 Å². The van der Waals surface area contributed by atoms with Gasteiger partial charge in [0.05, 0.1) is 19.3 Å². The number of hydrogen-bond acceptors (Lipinski definition) is 7. The molecule has 1 saturated carbocycles. The normalized spacial score (nSPS) is 28.4. The molecule has 1 aromatic carbocycles. The molecule has 2 fully saturated rings. The first-order chi connectivity index (χ1) is 12.9. The van der Waals surface area contributed by atoms with Crippen molar-refractivity contribution in [3.05, 3.63) is 35.9 Å². The maximum absolute atomic E-state index is 12.2.